The third-order valence-electron chi connectivity index (χ3n) is 1.12. The van der Waals surface area contributed by atoms with Crippen LogP contribution in [0.25, 0.3) is 0 Å². The summed E-state index contributed by atoms with van der Waals surface area (Å²) >= 11 is 11.4. The first-order chi connectivity index (χ1) is 4.74. The van der Waals surface area contributed by atoms with Crippen LogP contribution in [0.2, 0.25) is 10.0 Å². The molecule has 0 aliphatic rings. The first kappa shape index (κ1) is 7.64. The fourth-order valence-electron chi connectivity index (χ4n) is 0.606. The molecule has 0 unspecified atom stereocenters. The topological polar surface area (TPSA) is 0 Å². The molecule has 0 heterocycles. The Balaban J connectivity index is 3.16. The Labute approximate surface area is 70.1 Å². The van der Waals surface area contributed by atoms with Gasteiger partial charge in [-0.25, -0.2) is 0 Å². The predicted molar refractivity (Wildman–Crippen MR) is 44.4 cm³/mol. The van der Waals surface area contributed by atoms with E-state index in [2.05, 4.69) is 12.7 Å². The highest BCUT2D eigenvalue weighted by Crippen LogP contribution is 2.22. The number of rotatable bonds is 1. The van der Waals surface area contributed by atoms with Crippen LogP contribution < -0.4 is 0 Å². The fourth-order valence-corrected chi connectivity index (χ4v) is 0.904. The Morgan fingerprint density at radius 2 is 1.90 bits per heavy atom. The zero-order valence-corrected chi connectivity index (χ0v) is 6.71. The molecule has 1 rings (SSSR count). The molecule has 0 nitrogen and oxygen atoms in total. The molecular weight excluding hydrogens is 167 g/mol. The molecule has 0 saturated heterocycles. The minimum atomic E-state index is 0.537. The minimum Gasteiger partial charge on any atom is -0.0906 e. The van der Waals surface area contributed by atoms with Crippen molar-refractivity contribution in [3.8, 4) is 0 Å². The van der Waals surface area contributed by atoms with Crippen LogP contribution >= 0.6 is 23.2 Å². The van der Waals surface area contributed by atoms with Crippen LogP contribution in [0, 0.1) is 6.08 Å². The van der Waals surface area contributed by atoms with E-state index in [-0.39, 0.29) is 0 Å². The molecule has 0 bridgehead atoms. The summed E-state index contributed by atoms with van der Waals surface area (Å²) in [4.78, 5) is 0. The molecule has 0 saturated carbocycles. The van der Waals surface area contributed by atoms with Crippen molar-refractivity contribution in [3.63, 3.8) is 0 Å². The van der Waals surface area contributed by atoms with Gasteiger partial charge in [0.2, 0.25) is 0 Å². The molecule has 10 heavy (non-hydrogen) atoms. The molecule has 0 aromatic heterocycles. The molecule has 2 heteroatoms. The Hall–Kier alpha value is -0.460. The summed E-state index contributed by atoms with van der Waals surface area (Å²) < 4.78 is 0. The van der Waals surface area contributed by atoms with E-state index in [0.29, 0.717) is 10.0 Å². The van der Waals surface area contributed by atoms with E-state index >= 15 is 0 Å². The molecule has 51 valence electrons. The fraction of sp³-hybridized carbons (Fsp3) is 0. The van der Waals surface area contributed by atoms with Crippen LogP contribution in [0.3, 0.4) is 0 Å². The van der Waals surface area contributed by atoms with Crippen LogP contribution in [-0.4, -0.2) is 0 Å². The average molecular weight is 172 g/mol. The van der Waals surface area contributed by atoms with Gasteiger partial charge < -0.3 is 0 Å². The van der Waals surface area contributed by atoms with Crippen LogP contribution in [0.5, 0.6) is 0 Å². The SMILES string of the molecule is C=[C]c1ccc(Cl)c(Cl)c1. The maximum Gasteiger partial charge on any atom is 0.0598 e. The highest BCUT2D eigenvalue weighted by molar-refractivity contribution is 6.42. The number of hydrogen-bond donors (Lipinski definition) is 0. The lowest BCUT2D eigenvalue weighted by atomic mass is 10.2. The summed E-state index contributed by atoms with van der Waals surface area (Å²) in [5, 5.41) is 1.09. The van der Waals surface area contributed by atoms with Crippen molar-refractivity contribution in [1.82, 2.24) is 0 Å². The van der Waals surface area contributed by atoms with Crippen molar-refractivity contribution in [2.24, 2.45) is 0 Å². The monoisotopic (exact) mass is 171 g/mol. The van der Waals surface area contributed by atoms with Crippen molar-refractivity contribution in [2.75, 3.05) is 0 Å². The number of benzene rings is 1. The summed E-state index contributed by atoms with van der Waals surface area (Å²) in [6, 6.07) is 5.25. The average Bonchev–Trinajstić information content (AvgIpc) is 1.95. The van der Waals surface area contributed by atoms with Gasteiger partial charge in [0.1, 0.15) is 0 Å². The molecular formula is C8H5Cl2. The number of hydrogen-bond acceptors (Lipinski definition) is 0. The standard InChI is InChI=1S/C8H5Cl2/c1-2-6-3-4-7(9)8(10)5-6/h3-5H,1H2. The van der Waals surface area contributed by atoms with Crippen molar-refractivity contribution < 1.29 is 0 Å². The van der Waals surface area contributed by atoms with Gasteiger partial charge in [-0.2, -0.15) is 0 Å². The summed E-state index contributed by atoms with van der Waals surface area (Å²) in [6.45, 7) is 3.47. The van der Waals surface area contributed by atoms with Gasteiger partial charge in [0.05, 0.1) is 10.0 Å². The third-order valence-corrected chi connectivity index (χ3v) is 1.86. The molecule has 0 atom stereocenters. The molecule has 0 aliphatic carbocycles. The van der Waals surface area contributed by atoms with Crippen LogP contribution in [-0.2, 0) is 0 Å². The van der Waals surface area contributed by atoms with E-state index in [9.17, 15) is 0 Å². The van der Waals surface area contributed by atoms with E-state index < -0.39 is 0 Å². The van der Waals surface area contributed by atoms with Crippen molar-refractivity contribution in [3.05, 3.63) is 46.5 Å². The van der Waals surface area contributed by atoms with E-state index in [4.69, 9.17) is 23.2 Å². The maximum atomic E-state index is 5.69. The lowest BCUT2D eigenvalue weighted by Gasteiger charge is -1.94. The van der Waals surface area contributed by atoms with Gasteiger partial charge in [0, 0.05) is 0 Å². The van der Waals surface area contributed by atoms with E-state index in [1.54, 1.807) is 18.2 Å². The third kappa shape index (κ3) is 1.53. The van der Waals surface area contributed by atoms with Crippen LogP contribution in [0.4, 0.5) is 0 Å². The molecule has 0 N–H and O–H groups in total. The number of halogens is 2. The first-order valence-electron chi connectivity index (χ1n) is 2.72. The normalized spacial score (nSPS) is 9.40. The largest absolute Gasteiger partial charge is 0.0906 e. The Morgan fingerprint density at radius 1 is 1.20 bits per heavy atom. The first-order valence-corrected chi connectivity index (χ1v) is 3.48. The molecule has 0 aliphatic heterocycles. The molecule has 0 fully saturated rings. The lowest BCUT2D eigenvalue weighted by molar-refractivity contribution is 1.58. The minimum absolute atomic E-state index is 0.537. The van der Waals surface area contributed by atoms with E-state index in [0.717, 1.165) is 5.56 Å². The molecule has 1 aromatic rings. The molecule has 1 radical (unpaired) electrons. The van der Waals surface area contributed by atoms with Gasteiger partial charge in [-0.3, -0.25) is 0 Å². The highest BCUT2D eigenvalue weighted by atomic mass is 35.5. The van der Waals surface area contributed by atoms with Gasteiger partial charge in [-0.15, -0.1) is 0 Å². The lowest BCUT2D eigenvalue weighted by Crippen LogP contribution is -1.73. The quantitative estimate of drug-likeness (QED) is 0.609. The second kappa shape index (κ2) is 3.09. The van der Waals surface area contributed by atoms with Gasteiger partial charge in [0.15, 0.2) is 0 Å². The summed E-state index contributed by atoms with van der Waals surface area (Å²) in [7, 11) is 0. The van der Waals surface area contributed by atoms with Crippen molar-refractivity contribution in [2.45, 2.75) is 0 Å². The molecule has 1 aromatic carbocycles. The summed E-state index contributed by atoms with van der Waals surface area (Å²) in [5.41, 5.74) is 0.856. The zero-order valence-electron chi connectivity index (χ0n) is 5.20. The molecule has 0 amide bonds. The zero-order chi connectivity index (χ0) is 7.56. The van der Waals surface area contributed by atoms with Gasteiger partial charge in [0.25, 0.3) is 0 Å². The van der Waals surface area contributed by atoms with Crippen LogP contribution in [0.1, 0.15) is 5.56 Å². The van der Waals surface area contributed by atoms with E-state index in [1.807, 2.05) is 0 Å². The summed E-state index contributed by atoms with van der Waals surface area (Å²) in [6.07, 6.45) is 2.70. The second-order valence-electron chi connectivity index (χ2n) is 1.81. The Morgan fingerprint density at radius 3 is 2.40 bits per heavy atom. The van der Waals surface area contributed by atoms with Crippen molar-refractivity contribution in [1.29, 1.82) is 0 Å². The Kier molecular flexibility index (Phi) is 2.36. The summed E-state index contributed by atoms with van der Waals surface area (Å²) in [5.74, 6) is 0. The second-order valence-corrected chi connectivity index (χ2v) is 2.62. The van der Waals surface area contributed by atoms with Gasteiger partial charge in [-0.1, -0.05) is 35.8 Å². The van der Waals surface area contributed by atoms with Gasteiger partial charge in [-0.05, 0) is 23.8 Å². The Bertz CT molecular complexity index is 253. The predicted octanol–water partition coefficient (Wildman–Crippen LogP) is 3.33. The smallest absolute Gasteiger partial charge is 0.0598 e. The van der Waals surface area contributed by atoms with Gasteiger partial charge >= 0.3 is 0 Å². The maximum absolute atomic E-state index is 5.69. The molecule has 0 spiro atoms. The highest BCUT2D eigenvalue weighted by Gasteiger charge is 1.95. The van der Waals surface area contributed by atoms with E-state index in [1.165, 1.54) is 0 Å². The van der Waals surface area contributed by atoms with Crippen molar-refractivity contribution >= 4 is 23.2 Å². The van der Waals surface area contributed by atoms with Crippen LogP contribution in [0.15, 0.2) is 24.8 Å².